The van der Waals surface area contributed by atoms with Crippen molar-refractivity contribution in [2.24, 2.45) is 12.8 Å². The zero-order valence-electron chi connectivity index (χ0n) is 17.4. The lowest BCUT2D eigenvalue weighted by atomic mass is 10.0. The van der Waals surface area contributed by atoms with Gasteiger partial charge in [0, 0.05) is 19.7 Å². The monoisotopic (exact) mass is 430 g/mol. The van der Waals surface area contributed by atoms with Crippen molar-refractivity contribution < 1.29 is 9.21 Å². The van der Waals surface area contributed by atoms with Gasteiger partial charge in [0.15, 0.2) is 5.58 Å². The van der Waals surface area contributed by atoms with Gasteiger partial charge in [0.1, 0.15) is 6.04 Å². The third-order valence-electron chi connectivity index (χ3n) is 5.34. The fourth-order valence-electron chi connectivity index (χ4n) is 3.52. The maximum absolute atomic E-state index is 12.4. The molecule has 0 bridgehead atoms. The predicted molar refractivity (Wildman–Crippen MR) is 118 cm³/mol. The van der Waals surface area contributed by atoms with Crippen molar-refractivity contribution in [1.29, 1.82) is 5.26 Å². The number of amides is 1. The molecule has 4 rings (SSSR count). The predicted octanol–water partition coefficient (Wildman–Crippen LogP) is 1.64. The van der Waals surface area contributed by atoms with Crippen LogP contribution < -0.4 is 16.8 Å². The first-order chi connectivity index (χ1) is 15.4. The van der Waals surface area contributed by atoms with Gasteiger partial charge in [-0.2, -0.15) is 10.4 Å². The maximum Gasteiger partial charge on any atom is 0.419 e. The molecule has 0 aliphatic carbocycles. The van der Waals surface area contributed by atoms with E-state index in [4.69, 9.17) is 10.2 Å². The van der Waals surface area contributed by atoms with E-state index in [-0.39, 0.29) is 5.91 Å². The highest BCUT2D eigenvalue weighted by atomic mass is 16.4. The number of H-pyrrole nitrogens is 1. The Morgan fingerprint density at radius 2 is 1.97 bits per heavy atom. The van der Waals surface area contributed by atoms with Crippen LogP contribution in [0.25, 0.3) is 22.2 Å². The lowest BCUT2D eigenvalue weighted by Crippen LogP contribution is -2.46. The van der Waals surface area contributed by atoms with Crippen molar-refractivity contribution >= 4 is 17.0 Å². The van der Waals surface area contributed by atoms with Gasteiger partial charge in [-0.15, -0.1) is 0 Å². The van der Waals surface area contributed by atoms with Crippen molar-refractivity contribution in [3.05, 3.63) is 76.5 Å². The number of rotatable bonds is 7. The van der Waals surface area contributed by atoms with Gasteiger partial charge in [-0.05, 0) is 40.8 Å². The number of aromatic nitrogens is 3. The lowest BCUT2D eigenvalue weighted by Gasteiger charge is -2.16. The Kier molecular flexibility index (Phi) is 5.87. The molecular weight excluding hydrogens is 408 g/mol. The number of carbonyl (C=O) groups excluding carboxylic acids is 1. The van der Waals surface area contributed by atoms with Crippen LogP contribution >= 0.6 is 0 Å². The fourth-order valence-corrected chi connectivity index (χ4v) is 3.52. The lowest BCUT2D eigenvalue weighted by molar-refractivity contribution is -0.122. The molecule has 0 saturated heterocycles. The molecule has 0 unspecified atom stereocenters. The molecule has 2 aromatic heterocycles. The van der Waals surface area contributed by atoms with Crippen LogP contribution in [0.4, 0.5) is 0 Å². The molecule has 1 amide bonds. The highest BCUT2D eigenvalue weighted by Crippen LogP contribution is 2.24. The van der Waals surface area contributed by atoms with Gasteiger partial charge in [-0.3, -0.25) is 14.5 Å². The van der Waals surface area contributed by atoms with E-state index in [1.54, 1.807) is 25.5 Å². The summed E-state index contributed by atoms with van der Waals surface area (Å²) in [7, 11) is 1.67. The normalized spacial score (nSPS) is 12.9. The third kappa shape index (κ3) is 4.45. The number of nitrogens with zero attached hydrogens (tertiary/aromatic N) is 3. The number of hydrogen-bond donors (Lipinski definition) is 3. The Bertz CT molecular complexity index is 1330. The van der Waals surface area contributed by atoms with Gasteiger partial charge in [-0.1, -0.05) is 30.3 Å². The summed E-state index contributed by atoms with van der Waals surface area (Å²) in [6, 6.07) is 13.9. The summed E-state index contributed by atoms with van der Waals surface area (Å²) >= 11 is 0. The first-order valence-electron chi connectivity index (χ1n) is 10.1. The Labute approximate surface area is 183 Å². The summed E-state index contributed by atoms with van der Waals surface area (Å²) in [6.45, 7) is 0. The van der Waals surface area contributed by atoms with Crippen LogP contribution in [-0.4, -0.2) is 32.8 Å². The Morgan fingerprint density at radius 3 is 2.66 bits per heavy atom. The van der Waals surface area contributed by atoms with Gasteiger partial charge < -0.3 is 15.5 Å². The van der Waals surface area contributed by atoms with Crippen molar-refractivity contribution in [2.45, 2.75) is 24.9 Å². The second-order valence-corrected chi connectivity index (χ2v) is 7.62. The van der Waals surface area contributed by atoms with Crippen LogP contribution in [-0.2, 0) is 24.7 Å². The molecule has 0 aliphatic rings. The van der Waals surface area contributed by atoms with E-state index in [0.717, 1.165) is 27.8 Å². The number of fused-ring (bicyclic) bond motifs is 1. The first-order valence-corrected chi connectivity index (χ1v) is 10.1. The number of carbonyl (C=O) groups is 1. The molecule has 0 aliphatic heterocycles. The molecule has 9 heteroatoms. The third-order valence-corrected chi connectivity index (χ3v) is 5.34. The summed E-state index contributed by atoms with van der Waals surface area (Å²) in [6.07, 6.45) is 3.98. The van der Waals surface area contributed by atoms with Gasteiger partial charge in [0.05, 0.1) is 23.8 Å². The molecule has 4 N–H and O–H groups in total. The summed E-state index contributed by atoms with van der Waals surface area (Å²) in [5.41, 5.74) is 10.8. The summed E-state index contributed by atoms with van der Waals surface area (Å²) in [5.74, 6) is -0.782. The minimum Gasteiger partial charge on any atom is -0.408 e. The van der Waals surface area contributed by atoms with Crippen molar-refractivity contribution in [3.63, 3.8) is 0 Å². The Morgan fingerprint density at radius 1 is 1.22 bits per heavy atom. The SMILES string of the molecule is Cn1c(=O)oc2ccc(-c3ccc(C[C@@H](C#N)NC(=O)[C@@H](N)Cc4cn[nH]c4)cc3)cc21. The van der Waals surface area contributed by atoms with E-state index in [1.807, 2.05) is 36.4 Å². The van der Waals surface area contributed by atoms with Gasteiger partial charge in [-0.25, -0.2) is 4.79 Å². The first kappa shape index (κ1) is 21.1. The molecule has 0 radical (unpaired) electrons. The molecular formula is C23H22N6O3. The van der Waals surface area contributed by atoms with Crippen LogP contribution in [0.15, 0.2) is 64.1 Å². The van der Waals surface area contributed by atoms with Gasteiger partial charge in [0.2, 0.25) is 5.91 Å². The number of nitrogens with one attached hydrogen (secondary N) is 2. The molecule has 0 fully saturated rings. The molecule has 2 heterocycles. The van der Waals surface area contributed by atoms with Crippen LogP contribution in [0.2, 0.25) is 0 Å². The van der Waals surface area contributed by atoms with E-state index < -0.39 is 17.8 Å². The molecule has 9 nitrogen and oxygen atoms in total. The topological polar surface area (TPSA) is 143 Å². The van der Waals surface area contributed by atoms with Crippen LogP contribution in [0, 0.1) is 11.3 Å². The second-order valence-electron chi connectivity index (χ2n) is 7.62. The summed E-state index contributed by atoms with van der Waals surface area (Å²) in [4.78, 5) is 24.0. The largest absolute Gasteiger partial charge is 0.419 e. The number of nitriles is 1. The minimum atomic E-state index is -0.764. The standard InChI is InChI=1S/C23H22N6O3/c1-29-20-10-17(6-7-21(20)32-23(29)31)16-4-2-14(3-5-16)8-18(11-24)28-22(30)19(25)9-15-12-26-27-13-15/h2-7,10,12-13,18-19H,8-9,25H2,1H3,(H,26,27)(H,28,30)/t18-,19-/m0/s1. The van der Waals surface area contributed by atoms with Crippen molar-refractivity contribution in [3.8, 4) is 17.2 Å². The highest BCUT2D eigenvalue weighted by Gasteiger charge is 2.19. The van der Waals surface area contributed by atoms with E-state index in [9.17, 15) is 14.9 Å². The van der Waals surface area contributed by atoms with E-state index >= 15 is 0 Å². The minimum absolute atomic E-state index is 0.335. The number of nitrogens with two attached hydrogens (primary N) is 1. The zero-order valence-corrected chi connectivity index (χ0v) is 17.4. The van der Waals surface area contributed by atoms with Crippen LogP contribution in [0.5, 0.6) is 0 Å². The van der Waals surface area contributed by atoms with E-state index in [1.165, 1.54) is 4.57 Å². The summed E-state index contributed by atoms with van der Waals surface area (Å²) < 4.78 is 6.63. The van der Waals surface area contributed by atoms with E-state index in [2.05, 4.69) is 21.6 Å². The number of hydrogen-bond acceptors (Lipinski definition) is 6. The zero-order chi connectivity index (χ0) is 22.7. The number of aryl methyl sites for hydroxylation is 1. The quantitative estimate of drug-likeness (QED) is 0.407. The summed E-state index contributed by atoms with van der Waals surface area (Å²) in [5, 5.41) is 18.7. The molecule has 4 aromatic rings. The molecule has 162 valence electrons. The van der Waals surface area contributed by atoms with E-state index in [0.29, 0.717) is 18.4 Å². The molecule has 2 atom stereocenters. The van der Waals surface area contributed by atoms with Gasteiger partial charge in [0.25, 0.3) is 0 Å². The molecule has 2 aromatic carbocycles. The highest BCUT2D eigenvalue weighted by molar-refractivity contribution is 5.82. The van der Waals surface area contributed by atoms with Gasteiger partial charge >= 0.3 is 5.76 Å². The number of aromatic amines is 1. The molecule has 32 heavy (non-hydrogen) atoms. The fraction of sp³-hybridized carbons (Fsp3) is 0.217. The second kappa shape index (κ2) is 8.91. The smallest absolute Gasteiger partial charge is 0.408 e. The maximum atomic E-state index is 12.4. The Balaban J connectivity index is 1.42. The number of benzene rings is 2. The van der Waals surface area contributed by atoms with Crippen molar-refractivity contribution in [2.75, 3.05) is 0 Å². The average molecular weight is 430 g/mol. The molecule has 0 spiro atoms. The Hall–Kier alpha value is -4.16. The van der Waals surface area contributed by atoms with Crippen LogP contribution in [0.3, 0.4) is 0 Å². The number of oxazole rings is 1. The average Bonchev–Trinajstić information content (AvgIpc) is 3.41. The van der Waals surface area contributed by atoms with Crippen LogP contribution in [0.1, 0.15) is 11.1 Å². The molecule has 0 saturated carbocycles. The van der Waals surface area contributed by atoms with Crippen molar-refractivity contribution in [1.82, 2.24) is 20.1 Å².